The lowest BCUT2D eigenvalue weighted by atomic mass is 10.2. The Balaban J connectivity index is 1.74. The maximum absolute atomic E-state index is 12.0. The Hall–Kier alpha value is -1.92. The van der Waals surface area contributed by atoms with Crippen molar-refractivity contribution in [3.05, 3.63) is 45.9 Å². The Morgan fingerprint density at radius 3 is 2.91 bits per heavy atom. The molecule has 2 heterocycles. The summed E-state index contributed by atoms with van der Waals surface area (Å²) >= 11 is 7.52. The first-order valence-corrected chi connectivity index (χ1v) is 8.45. The number of amides is 1. The molecule has 2 rings (SSSR count). The van der Waals surface area contributed by atoms with Crippen molar-refractivity contribution in [2.45, 2.75) is 32.3 Å². The highest BCUT2D eigenvalue weighted by Crippen LogP contribution is 2.18. The van der Waals surface area contributed by atoms with Gasteiger partial charge in [-0.3, -0.25) is 9.59 Å². The van der Waals surface area contributed by atoms with Crippen molar-refractivity contribution in [1.82, 2.24) is 4.98 Å². The fourth-order valence-corrected chi connectivity index (χ4v) is 2.80. The van der Waals surface area contributed by atoms with Gasteiger partial charge in [-0.1, -0.05) is 17.7 Å². The van der Waals surface area contributed by atoms with Gasteiger partial charge in [0, 0.05) is 17.5 Å². The Kier molecular flexibility index (Phi) is 6.55. The number of ether oxygens (including phenoxy) is 1. The number of nitrogens with zero attached hydrogens (tertiary/aromatic N) is 1. The summed E-state index contributed by atoms with van der Waals surface area (Å²) in [6.07, 6.45) is 2.44. The second-order valence-electron chi connectivity index (χ2n) is 4.90. The second-order valence-corrected chi connectivity index (χ2v) is 6.29. The van der Waals surface area contributed by atoms with Crippen molar-refractivity contribution < 1.29 is 14.3 Å². The number of thiophene rings is 1. The Morgan fingerprint density at radius 2 is 2.22 bits per heavy atom. The lowest BCUT2D eigenvalue weighted by Crippen LogP contribution is -2.30. The predicted molar refractivity (Wildman–Crippen MR) is 90.7 cm³/mol. The topological polar surface area (TPSA) is 68.3 Å². The smallest absolute Gasteiger partial charge is 0.306 e. The van der Waals surface area contributed by atoms with Crippen LogP contribution >= 0.6 is 22.9 Å². The van der Waals surface area contributed by atoms with Gasteiger partial charge in [0.2, 0.25) is 0 Å². The van der Waals surface area contributed by atoms with E-state index in [9.17, 15) is 9.59 Å². The number of aryl methyl sites for hydroxylation is 1. The third-order valence-corrected chi connectivity index (χ3v) is 4.32. The van der Waals surface area contributed by atoms with Gasteiger partial charge in [0.15, 0.2) is 11.3 Å². The van der Waals surface area contributed by atoms with E-state index in [1.807, 2.05) is 17.5 Å². The van der Waals surface area contributed by atoms with Gasteiger partial charge in [-0.15, -0.1) is 11.3 Å². The molecule has 0 aliphatic carbocycles. The minimum absolute atomic E-state index is 0.190. The van der Waals surface area contributed by atoms with Crippen molar-refractivity contribution >= 4 is 40.5 Å². The van der Waals surface area contributed by atoms with Crippen LogP contribution in [0, 0.1) is 0 Å². The minimum Gasteiger partial charge on any atom is -0.453 e. The van der Waals surface area contributed by atoms with E-state index in [0.717, 1.165) is 6.42 Å². The summed E-state index contributed by atoms with van der Waals surface area (Å²) in [5, 5.41) is 4.78. The first kappa shape index (κ1) is 17.4. The molecule has 0 saturated carbocycles. The van der Waals surface area contributed by atoms with E-state index in [1.165, 1.54) is 18.0 Å². The van der Waals surface area contributed by atoms with Crippen LogP contribution in [0.25, 0.3) is 0 Å². The van der Waals surface area contributed by atoms with Gasteiger partial charge in [0.1, 0.15) is 0 Å². The average molecular weight is 353 g/mol. The summed E-state index contributed by atoms with van der Waals surface area (Å²) in [5.41, 5.74) is 0.389. The van der Waals surface area contributed by atoms with Crippen molar-refractivity contribution in [3.8, 4) is 0 Å². The van der Waals surface area contributed by atoms with Crippen LogP contribution in [0.2, 0.25) is 5.15 Å². The van der Waals surface area contributed by atoms with E-state index in [2.05, 4.69) is 10.3 Å². The zero-order chi connectivity index (χ0) is 16.7. The maximum atomic E-state index is 12.0. The number of halogens is 1. The van der Waals surface area contributed by atoms with Crippen molar-refractivity contribution in [2.24, 2.45) is 0 Å². The monoisotopic (exact) mass is 352 g/mol. The second kappa shape index (κ2) is 8.64. The zero-order valence-corrected chi connectivity index (χ0v) is 14.2. The van der Waals surface area contributed by atoms with Gasteiger partial charge in [-0.05, 0) is 43.3 Å². The number of carbonyl (C=O) groups is 2. The molecule has 0 aromatic carbocycles. The van der Waals surface area contributed by atoms with Gasteiger partial charge < -0.3 is 10.1 Å². The summed E-state index contributed by atoms with van der Waals surface area (Å²) in [6, 6.07) is 7.30. The van der Waals surface area contributed by atoms with Crippen molar-refractivity contribution in [2.75, 3.05) is 5.32 Å². The highest BCUT2D eigenvalue weighted by atomic mass is 35.5. The van der Waals surface area contributed by atoms with E-state index in [-0.39, 0.29) is 17.5 Å². The minimum atomic E-state index is -0.888. The average Bonchev–Trinajstić information content (AvgIpc) is 3.02. The molecular weight excluding hydrogens is 336 g/mol. The van der Waals surface area contributed by atoms with E-state index in [1.54, 1.807) is 23.5 Å². The lowest BCUT2D eigenvalue weighted by molar-refractivity contribution is -0.153. The van der Waals surface area contributed by atoms with Gasteiger partial charge >= 0.3 is 5.97 Å². The molecule has 7 heteroatoms. The molecule has 2 aromatic rings. The molecule has 0 radical (unpaired) electrons. The Labute approximate surface area is 143 Å². The Morgan fingerprint density at radius 1 is 1.39 bits per heavy atom. The molecule has 0 bridgehead atoms. The van der Waals surface area contributed by atoms with Crippen molar-refractivity contribution in [1.29, 1.82) is 0 Å². The zero-order valence-electron chi connectivity index (χ0n) is 12.6. The van der Waals surface area contributed by atoms with Crippen LogP contribution in [0.5, 0.6) is 0 Å². The molecule has 1 amide bonds. The van der Waals surface area contributed by atoms with Crippen LogP contribution in [0.4, 0.5) is 5.69 Å². The third-order valence-electron chi connectivity index (χ3n) is 3.08. The molecule has 2 aromatic heterocycles. The highest BCUT2D eigenvalue weighted by molar-refractivity contribution is 7.09. The molecule has 1 atom stereocenters. The Bertz CT molecular complexity index is 661. The molecule has 122 valence electrons. The summed E-state index contributed by atoms with van der Waals surface area (Å²) in [5.74, 6) is -0.826. The highest BCUT2D eigenvalue weighted by Gasteiger charge is 2.18. The quantitative estimate of drug-likeness (QED) is 0.609. The van der Waals surface area contributed by atoms with Crippen LogP contribution in [0.3, 0.4) is 0 Å². The van der Waals surface area contributed by atoms with E-state index in [0.29, 0.717) is 12.1 Å². The molecule has 0 spiro atoms. The maximum Gasteiger partial charge on any atom is 0.306 e. The van der Waals surface area contributed by atoms with Gasteiger partial charge in [-0.2, -0.15) is 0 Å². The molecule has 1 N–H and O–H groups in total. The number of nitrogens with one attached hydrogen (secondary N) is 1. The van der Waals surface area contributed by atoms with Crippen LogP contribution in [-0.4, -0.2) is 23.0 Å². The number of hydrogen-bond donors (Lipinski definition) is 1. The third kappa shape index (κ3) is 5.65. The lowest BCUT2D eigenvalue weighted by Gasteiger charge is -2.13. The van der Waals surface area contributed by atoms with Crippen LogP contribution in [0.1, 0.15) is 24.6 Å². The number of rotatable bonds is 7. The van der Waals surface area contributed by atoms with Crippen molar-refractivity contribution in [3.63, 3.8) is 0 Å². The van der Waals surface area contributed by atoms with E-state index >= 15 is 0 Å². The molecular formula is C16H17ClN2O3S. The predicted octanol–water partition coefficient (Wildman–Crippen LogP) is 3.69. The summed E-state index contributed by atoms with van der Waals surface area (Å²) in [6.45, 7) is 1.52. The molecule has 0 fully saturated rings. The first-order valence-electron chi connectivity index (χ1n) is 7.19. The van der Waals surface area contributed by atoms with Crippen LogP contribution in [0.15, 0.2) is 35.8 Å². The fraction of sp³-hybridized carbons (Fsp3) is 0.312. The number of aromatic nitrogens is 1. The van der Waals surface area contributed by atoms with E-state index in [4.69, 9.17) is 16.3 Å². The molecule has 23 heavy (non-hydrogen) atoms. The number of anilines is 1. The van der Waals surface area contributed by atoms with Crippen LogP contribution in [-0.2, 0) is 20.7 Å². The number of esters is 1. The largest absolute Gasteiger partial charge is 0.453 e. The van der Waals surface area contributed by atoms with Gasteiger partial charge in [-0.25, -0.2) is 4.98 Å². The SMILES string of the molecule is C[C@@H](OC(=O)CCCc1cccs1)C(=O)Nc1cccnc1Cl. The summed E-state index contributed by atoms with van der Waals surface area (Å²) in [4.78, 5) is 28.8. The normalized spacial score (nSPS) is 11.7. The molecule has 5 nitrogen and oxygen atoms in total. The first-order chi connectivity index (χ1) is 11.1. The van der Waals surface area contributed by atoms with Gasteiger partial charge in [0.05, 0.1) is 5.69 Å². The number of hydrogen-bond acceptors (Lipinski definition) is 5. The number of pyridine rings is 1. The van der Waals surface area contributed by atoms with E-state index < -0.39 is 12.0 Å². The standard InChI is InChI=1S/C16H17ClN2O3S/c1-11(16(21)19-13-7-3-9-18-15(13)17)22-14(20)8-2-5-12-6-4-10-23-12/h3-4,6-7,9-11H,2,5,8H2,1H3,(H,19,21)/t11-/m1/s1. The summed E-state index contributed by atoms with van der Waals surface area (Å²) in [7, 11) is 0. The number of carbonyl (C=O) groups excluding carboxylic acids is 2. The van der Waals surface area contributed by atoms with Crippen LogP contribution < -0.4 is 5.32 Å². The molecule has 0 aliphatic heterocycles. The molecule has 0 unspecified atom stereocenters. The summed E-state index contributed by atoms with van der Waals surface area (Å²) < 4.78 is 5.13. The fourth-order valence-electron chi connectivity index (χ4n) is 1.89. The van der Waals surface area contributed by atoms with Gasteiger partial charge in [0.25, 0.3) is 5.91 Å². The molecule has 0 aliphatic rings. The molecule has 0 saturated heterocycles.